The van der Waals surface area contributed by atoms with E-state index in [9.17, 15) is 13.2 Å². The van der Waals surface area contributed by atoms with Gasteiger partial charge in [-0.25, -0.2) is 13.2 Å². The lowest BCUT2D eigenvalue weighted by molar-refractivity contribution is 0.0693. The Morgan fingerprint density at radius 3 is 2.39 bits per heavy atom. The molecule has 0 spiro atoms. The summed E-state index contributed by atoms with van der Waals surface area (Å²) in [5.41, 5.74) is 5.33. The van der Waals surface area contributed by atoms with Crippen molar-refractivity contribution >= 4 is 21.5 Å². The number of nitrogen functional groups attached to an aromatic ring is 1. The lowest BCUT2D eigenvalue weighted by Gasteiger charge is -2.10. The summed E-state index contributed by atoms with van der Waals surface area (Å²) < 4.78 is 28.2. The van der Waals surface area contributed by atoms with Crippen molar-refractivity contribution in [1.82, 2.24) is 0 Å². The number of hydrogen-bond acceptors (Lipinski definition) is 5. The Balaban J connectivity index is 0.00000289. The van der Waals surface area contributed by atoms with E-state index >= 15 is 0 Å². The molecule has 0 saturated carbocycles. The summed E-state index contributed by atoms with van der Waals surface area (Å²) in [5, 5.41) is 8.93. The standard InChI is InChI=1S/C10H13NO5S.H2O/c1-3-17(14,15)9-4-6(10(12)13)8(16-2)5-7(9)11;/h4-5H,3,11H2,1-2H3,(H,12,13);1H2. The van der Waals surface area contributed by atoms with E-state index in [4.69, 9.17) is 15.6 Å². The van der Waals surface area contributed by atoms with Crippen molar-refractivity contribution in [2.45, 2.75) is 11.8 Å². The fourth-order valence-corrected chi connectivity index (χ4v) is 2.36. The second-order valence-corrected chi connectivity index (χ2v) is 5.55. The molecule has 0 saturated heterocycles. The molecular weight excluding hydrogens is 262 g/mol. The molecule has 0 unspecified atom stereocenters. The minimum Gasteiger partial charge on any atom is -0.496 e. The molecule has 0 heterocycles. The van der Waals surface area contributed by atoms with Gasteiger partial charge in [0.25, 0.3) is 0 Å². The van der Waals surface area contributed by atoms with Crippen LogP contribution in [-0.2, 0) is 9.84 Å². The third-order valence-electron chi connectivity index (χ3n) is 2.28. The van der Waals surface area contributed by atoms with E-state index in [1.54, 1.807) is 0 Å². The van der Waals surface area contributed by atoms with Crippen LogP contribution in [0.25, 0.3) is 0 Å². The summed E-state index contributed by atoms with van der Waals surface area (Å²) in [4.78, 5) is 10.8. The van der Waals surface area contributed by atoms with Crippen molar-refractivity contribution in [3.05, 3.63) is 17.7 Å². The van der Waals surface area contributed by atoms with Gasteiger partial charge in [0.2, 0.25) is 0 Å². The van der Waals surface area contributed by atoms with E-state index in [-0.39, 0.29) is 33.1 Å². The number of hydrogen-bond donors (Lipinski definition) is 2. The van der Waals surface area contributed by atoms with Crippen LogP contribution in [-0.4, -0.2) is 37.8 Å². The largest absolute Gasteiger partial charge is 0.496 e. The smallest absolute Gasteiger partial charge is 0.339 e. The predicted molar refractivity (Wildman–Crippen MR) is 65.7 cm³/mol. The van der Waals surface area contributed by atoms with Gasteiger partial charge in [-0.2, -0.15) is 0 Å². The normalized spacial score (nSPS) is 10.6. The molecule has 1 aromatic rings. The maximum atomic E-state index is 11.7. The fraction of sp³-hybridized carbons (Fsp3) is 0.300. The van der Waals surface area contributed by atoms with Gasteiger partial charge in [-0.15, -0.1) is 0 Å². The van der Waals surface area contributed by atoms with Gasteiger partial charge in [-0.05, 0) is 6.07 Å². The molecule has 7 nitrogen and oxygen atoms in total. The van der Waals surface area contributed by atoms with Gasteiger partial charge in [0.05, 0.1) is 23.4 Å². The molecule has 0 bridgehead atoms. The average Bonchev–Trinajstić information content (AvgIpc) is 2.27. The number of carboxylic acids is 1. The lowest BCUT2D eigenvalue weighted by Crippen LogP contribution is -2.10. The number of anilines is 1. The van der Waals surface area contributed by atoms with Gasteiger partial charge in [0.1, 0.15) is 11.3 Å². The topological polar surface area (TPSA) is 138 Å². The van der Waals surface area contributed by atoms with Crippen LogP contribution >= 0.6 is 0 Å². The van der Waals surface area contributed by atoms with Crippen LogP contribution in [0.2, 0.25) is 0 Å². The number of ether oxygens (including phenoxy) is 1. The van der Waals surface area contributed by atoms with Crippen LogP contribution in [0.4, 0.5) is 5.69 Å². The molecule has 0 radical (unpaired) electrons. The van der Waals surface area contributed by atoms with Crippen LogP contribution in [0.5, 0.6) is 5.75 Å². The van der Waals surface area contributed by atoms with Gasteiger partial charge in [-0.1, -0.05) is 6.92 Å². The summed E-state index contributed by atoms with van der Waals surface area (Å²) in [6.45, 7) is 1.46. The van der Waals surface area contributed by atoms with Crippen molar-refractivity contribution in [3.8, 4) is 5.75 Å². The predicted octanol–water partition coefficient (Wildman–Crippen LogP) is -0.0555. The molecule has 1 rings (SSSR count). The summed E-state index contributed by atoms with van der Waals surface area (Å²) in [5.74, 6) is -1.39. The Morgan fingerprint density at radius 1 is 1.44 bits per heavy atom. The van der Waals surface area contributed by atoms with Crippen LogP contribution in [0, 0.1) is 0 Å². The number of methoxy groups -OCH3 is 1. The van der Waals surface area contributed by atoms with Gasteiger partial charge in [-0.3, -0.25) is 0 Å². The second-order valence-electron chi connectivity index (χ2n) is 3.30. The zero-order valence-corrected chi connectivity index (χ0v) is 10.7. The molecule has 0 aliphatic carbocycles. The molecule has 0 fully saturated rings. The Hall–Kier alpha value is -1.80. The highest BCUT2D eigenvalue weighted by Gasteiger charge is 2.21. The van der Waals surface area contributed by atoms with E-state index in [0.717, 1.165) is 6.07 Å². The maximum absolute atomic E-state index is 11.7. The van der Waals surface area contributed by atoms with Crippen LogP contribution in [0.3, 0.4) is 0 Å². The third-order valence-corrected chi connectivity index (χ3v) is 4.06. The fourth-order valence-electron chi connectivity index (χ4n) is 1.34. The van der Waals surface area contributed by atoms with Crippen LogP contribution in [0.1, 0.15) is 17.3 Å². The number of nitrogens with two attached hydrogens (primary N) is 1. The first-order valence-electron chi connectivity index (χ1n) is 4.77. The minimum absolute atomic E-state index is 0. The molecule has 0 aromatic heterocycles. The second kappa shape index (κ2) is 5.69. The van der Waals surface area contributed by atoms with Gasteiger partial charge < -0.3 is 21.1 Å². The molecule has 1 aromatic carbocycles. The van der Waals surface area contributed by atoms with Gasteiger partial charge in [0, 0.05) is 6.07 Å². The molecule has 5 N–H and O–H groups in total. The highest BCUT2D eigenvalue weighted by atomic mass is 32.2. The van der Waals surface area contributed by atoms with E-state index in [2.05, 4.69) is 0 Å². The maximum Gasteiger partial charge on any atom is 0.339 e. The van der Waals surface area contributed by atoms with Crippen molar-refractivity contribution in [2.24, 2.45) is 0 Å². The van der Waals surface area contributed by atoms with Crippen molar-refractivity contribution in [1.29, 1.82) is 0 Å². The van der Waals surface area contributed by atoms with E-state index < -0.39 is 15.8 Å². The van der Waals surface area contributed by atoms with Crippen molar-refractivity contribution < 1.29 is 28.5 Å². The molecule has 18 heavy (non-hydrogen) atoms. The number of rotatable bonds is 4. The minimum atomic E-state index is -3.55. The zero-order valence-electron chi connectivity index (χ0n) is 9.93. The molecule has 0 amide bonds. The zero-order chi connectivity index (χ0) is 13.2. The van der Waals surface area contributed by atoms with Crippen molar-refractivity contribution in [3.63, 3.8) is 0 Å². The highest BCUT2D eigenvalue weighted by Crippen LogP contribution is 2.29. The summed E-state index contributed by atoms with van der Waals surface area (Å²) in [6.07, 6.45) is 0. The molecule has 8 heteroatoms. The number of carbonyl (C=O) groups is 1. The number of benzene rings is 1. The quantitative estimate of drug-likeness (QED) is 0.739. The molecule has 0 aliphatic rings. The van der Waals surface area contributed by atoms with Crippen molar-refractivity contribution in [2.75, 3.05) is 18.6 Å². The van der Waals surface area contributed by atoms with E-state index in [1.165, 1.54) is 20.1 Å². The molecule has 102 valence electrons. The number of sulfone groups is 1. The summed E-state index contributed by atoms with van der Waals surface area (Å²) in [6, 6.07) is 2.22. The first-order chi connectivity index (χ1) is 7.83. The average molecular weight is 277 g/mol. The number of aromatic carboxylic acids is 1. The van der Waals surface area contributed by atoms with E-state index in [1.807, 2.05) is 0 Å². The molecular formula is C10H15NO6S. The molecule has 0 aliphatic heterocycles. The number of carboxylic acid groups (broad SMARTS) is 1. The van der Waals surface area contributed by atoms with Gasteiger partial charge in [0.15, 0.2) is 9.84 Å². The summed E-state index contributed by atoms with van der Waals surface area (Å²) in [7, 11) is -2.27. The Bertz CT molecular complexity index is 552. The van der Waals surface area contributed by atoms with Gasteiger partial charge >= 0.3 is 5.97 Å². The molecule has 0 atom stereocenters. The first kappa shape index (κ1) is 16.2. The first-order valence-corrected chi connectivity index (χ1v) is 6.42. The lowest BCUT2D eigenvalue weighted by atomic mass is 10.2. The SMILES string of the molecule is CCS(=O)(=O)c1cc(C(=O)O)c(OC)cc1N.O. The van der Waals surface area contributed by atoms with Crippen LogP contribution in [0.15, 0.2) is 17.0 Å². The highest BCUT2D eigenvalue weighted by molar-refractivity contribution is 7.91. The van der Waals surface area contributed by atoms with E-state index in [0.29, 0.717) is 0 Å². The monoisotopic (exact) mass is 277 g/mol. The Kier molecular flexibility index (Phi) is 5.12. The Morgan fingerprint density at radius 2 is 2.00 bits per heavy atom. The third kappa shape index (κ3) is 2.90. The summed E-state index contributed by atoms with van der Waals surface area (Å²) >= 11 is 0. The Labute approximate surface area is 104 Å². The van der Waals surface area contributed by atoms with Crippen LogP contribution < -0.4 is 10.5 Å².